The molecule has 1 aromatic heterocycles. The lowest BCUT2D eigenvalue weighted by atomic mass is 10.1. The number of hydrogen-bond acceptors (Lipinski definition) is 5. The lowest BCUT2D eigenvalue weighted by Gasteiger charge is -2.24. The minimum Gasteiger partial charge on any atom is -0.458 e. The van der Waals surface area contributed by atoms with E-state index in [0.717, 1.165) is 5.69 Å². The molecule has 1 rings (SSSR count). The predicted molar refractivity (Wildman–Crippen MR) is 73.7 cm³/mol. The summed E-state index contributed by atoms with van der Waals surface area (Å²) < 4.78 is 5.31. The van der Waals surface area contributed by atoms with E-state index in [2.05, 4.69) is 15.3 Å². The predicted octanol–water partition coefficient (Wildman–Crippen LogP) is 0.128. The number of amides is 1. The van der Waals surface area contributed by atoms with Crippen molar-refractivity contribution in [3.8, 4) is 0 Å². The van der Waals surface area contributed by atoms with Crippen molar-refractivity contribution in [3.63, 3.8) is 0 Å². The number of aromatic nitrogens is 2. The molecular weight excluding hydrogens is 260 g/mol. The molecule has 1 aromatic rings. The van der Waals surface area contributed by atoms with Crippen molar-refractivity contribution in [1.82, 2.24) is 15.3 Å². The molecule has 1 amide bonds. The monoisotopic (exact) mass is 282 g/mol. The van der Waals surface area contributed by atoms with Crippen LogP contribution >= 0.6 is 0 Å². The minimum atomic E-state index is -0.756. The van der Waals surface area contributed by atoms with Crippen molar-refractivity contribution < 1.29 is 14.3 Å². The first-order valence-corrected chi connectivity index (χ1v) is 6.51. The Balaban J connectivity index is 2.72. The Morgan fingerprint density at radius 1 is 1.50 bits per heavy atom. The number of imidazole rings is 1. The molecule has 1 heterocycles. The summed E-state index contributed by atoms with van der Waals surface area (Å²) in [6.07, 6.45) is 3.59. The highest BCUT2D eigenvalue weighted by Gasteiger charge is 2.27. The number of aromatic amines is 1. The van der Waals surface area contributed by atoms with Crippen LogP contribution < -0.4 is 11.1 Å². The largest absolute Gasteiger partial charge is 0.458 e. The van der Waals surface area contributed by atoms with Crippen LogP contribution in [0.25, 0.3) is 0 Å². The maximum Gasteiger partial charge on any atom is 0.329 e. The number of nitrogens with zero attached hydrogens (tertiary/aromatic N) is 1. The Bertz CT molecular complexity index is 437. The maximum atomic E-state index is 12.1. The lowest BCUT2D eigenvalue weighted by molar-refractivity contribution is -0.158. The van der Waals surface area contributed by atoms with E-state index >= 15 is 0 Å². The molecule has 0 saturated carbocycles. The topological polar surface area (TPSA) is 110 Å². The van der Waals surface area contributed by atoms with Crippen molar-refractivity contribution in [2.45, 2.75) is 45.3 Å². The molecule has 0 aliphatic heterocycles. The number of hydrogen-bond donors (Lipinski definition) is 3. The number of ether oxygens (including phenoxy) is 1. The Kier molecular flexibility index (Phi) is 5.69. The van der Waals surface area contributed by atoms with Crippen molar-refractivity contribution in [2.75, 3.05) is 6.54 Å². The van der Waals surface area contributed by atoms with Crippen LogP contribution in [0.15, 0.2) is 12.5 Å². The van der Waals surface area contributed by atoms with Gasteiger partial charge in [-0.2, -0.15) is 0 Å². The maximum absolute atomic E-state index is 12.1. The third-order valence-electron chi connectivity index (χ3n) is 2.38. The van der Waals surface area contributed by atoms with Crippen molar-refractivity contribution >= 4 is 11.9 Å². The van der Waals surface area contributed by atoms with Gasteiger partial charge in [-0.05, 0) is 20.8 Å². The molecule has 0 bridgehead atoms. The minimum absolute atomic E-state index is 0.169. The zero-order valence-corrected chi connectivity index (χ0v) is 12.1. The van der Waals surface area contributed by atoms with E-state index in [4.69, 9.17) is 10.5 Å². The number of rotatable bonds is 6. The highest BCUT2D eigenvalue weighted by molar-refractivity contribution is 5.84. The first-order valence-electron chi connectivity index (χ1n) is 6.51. The van der Waals surface area contributed by atoms with Gasteiger partial charge in [0.05, 0.1) is 6.33 Å². The number of carbonyl (C=O) groups is 2. The second-order valence-electron chi connectivity index (χ2n) is 5.47. The number of esters is 1. The number of nitrogens with one attached hydrogen (secondary N) is 2. The summed E-state index contributed by atoms with van der Waals surface area (Å²) in [4.78, 5) is 30.5. The van der Waals surface area contributed by atoms with E-state index in [0.29, 0.717) is 6.42 Å². The number of carbonyl (C=O) groups excluding carboxylic acids is 2. The molecule has 112 valence electrons. The Labute approximate surface area is 118 Å². The van der Waals surface area contributed by atoms with Gasteiger partial charge in [-0.25, -0.2) is 9.78 Å². The van der Waals surface area contributed by atoms with Gasteiger partial charge < -0.3 is 20.8 Å². The summed E-state index contributed by atoms with van der Waals surface area (Å²) in [5, 5.41) is 2.64. The molecule has 0 fully saturated rings. The van der Waals surface area contributed by atoms with Gasteiger partial charge in [0, 0.05) is 31.3 Å². The summed E-state index contributed by atoms with van der Waals surface area (Å²) in [6.45, 7) is 5.57. The average molecular weight is 282 g/mol. The van der Waals surface area contributed by atoms with Crippen LogP contribution in [0, 0.1) is 0 Å². The van der Waals surface area contributed by atoms with E-state index in [1.54, 1.807) is 27.0 Å². The molecule has 7 nitrogen and oxygen atoms in total. The summed E-state index contributed by atoms with van der Waals surface area (Å²) in [6, 6.07) is -0.756. The fourth-order valence-corrected chi connectivity index (χ4v) is 1.58. The molecule has 0 spiro atoms. The van der Waals surface area contributed by atoms with Gasteiger partial charge in [-0.3, -0.25) is 4.79 Å². The fourth-order valence-electron chi connectivity index (χ4n) is 1.58. The highest BCUT2D eigenvalue weighted by atomic mass is 16.6. The SMILES string of the molecule is CC(C)(C)OC(=O)[C@H](Cc1cnc[nH]1)NC(=O)CCN. The van der Waals surface area contributed by atoms with Crippen molar-refractivity contribution in [3.05, 3.63) is 18.2 Å². The zero-order valence-electron chi connectivity index (χ0n) is 12.1. The smallest absolute Gasteiger partial charge is 0.329 e. The van der Waals surface area contributed by atoms with Gasteiger partial charge in [0.1, 0.15) is 11.6 Å². The molecule has 0 unspecified atom stereocenters. The first-order chi connectivity index (χ1) is 9.31. The highest BCUT2D eigenvalue weighted by Crippen LogP contribution is 2.10. The van der Waals surface area contributed by atoms with Gasteiger partial charge in [0.2, 0.25) is 5.91 Å². The fraction of sp³-hybridized carbons (Fsp3) is 0.615. The van der Waals surface area contributed by atoms with Crippen molar-refractivity contribution in [2.24, 2.45) is 5.73 Å². The molecule has 0 aromatic carbocycles. The van der Waals surface area contributed by atoms with Gasteiger partial charge in [-0.1, -0.05) is 0 Å². The summed E-state index contributed by atoms with van der Waals surface area (Å²) in [7, 11) is 0. The molecule has 0 saturated heterocycles. The third-order valence-corrected chi connectivity index (χ3v) is 2.38. The van der Waals surface area contributed by atoms with Gasteiger partial charge in [0.15, 0.2) is 0 Å². The van der Waals surface area contributed by atoms with Gasteiger partial charge >= 0.3 is 5.97 Å². The molecule has 0 radical (unpaired) electrons. The quantitative estimate of drug-likeness (QED) is 0.642. The van der Waals surface area contributed by atoms with Gasteiger partial charge in [0.25, 0.3) is 0 Å². The Morgan fingerprint density at radius 2 is 2.20 bits per heavy atom. The molecule has 7 heteroatoms. The van der Waals surface area contributed by atoms with Crippen LogP contribution in [-0.2, 0) is 20.7 Å². The number of H-pyrrole nitrogens is 1. The standard InChI is InChI=1S/C13H22N4O3/c1-13(2,3)20-12(19)10(17-11(18)4-5-14)6-9-7-15-8-16-9/h7-8,10H,4-6,14H2,1-3H3,(H,15,16)(H,17,18)/t10-/m0/s1. The molecular formula is C13H22N4O3. The Hall–Kier alpha value is -1.89. The van der Waals surface area contributed by atoms with Crippen LogP contribution in [0.5, 0.6) is 0 Å². The molecule has 0 aliphatic carbocycles. The zero-order chi connectivity index (χ0) is 15.2. The molecule has 0 aliphatic rings. The molecule has 4 N–H and O–H groups in total. The third kappa shape index (κ3) is 5.83. The summed E-state index contributed by atoms with van der Waals surface area (Å²) in [5.74, 6) is -0.750. The second-order valence-corrected chi connectivity index (χ2v) is 5.47. The average Bonchev–Trinajstić information content (AvgIpc) is 2.79. The summed E-state index contributed by atoms with van der Waals surface area (Å²) >= 11 is 0. The van der Waals surface area contributed by atoms with E-state index in [1.165, 1.54) is 6.33 Å². The van der Waals surface area contributed by atoms with Crippen LogP contribution in [0.1, 0.15) is 32.9 Å². The van der Waals surface area contributed by atoms with E-state index in [1.807, 2.05) is 0 Å². The molecule has 1 atom stereocenters. The van der Waals surface area contributed by atoms with Crippen LogP contribution in [-0.4, -0.2) is 40.0 Å². The summed E-state index contributed by atoms with van der Waals surface area (Å²) in [5.41, 5.74) is 5.46. The first kappa shape index (κ1) is 16.2. The van der Waals surface area contributed by atoms with E-state index < -0.39 is 17.6 Å². The van der Waals surface area contributed by atoms with Crippen LogP contribution in [0.2, 0.25) is 0 Å². The van der Waals surface area contributed by atoms with Crippen LogP contribution in [0.3, 0.4) is 0 Å². The van der Waals surface area contributed by atoms with Crippen LogP contribution in [0.4, 0.5) is 0 Å². The Morgan fingerprint density at radius 3 is 2.70 bits per heavy atom. The van der Waals surface area contributed by atoms with Gasteiger partial charge in [-0.15, -0.1) is 0 Å². The second kappa shape index (κ2) is 7.04. The van der Waals surface area contributed by atoms with E-state index in [-0.39, 0.29) is 18.9 Å². The number of nitrogens with two attached hydrogens (primary N) is 1. The lowest BCUT2D eigenvalue weighted by Crippen LogP contribution is -2.46. The normalized spacial score (nSPS) is 12.8. The molecule has 20 heavy (non-hydrogen) atoms. The van der Waals surface area contributed by atoms with Crippen molar-refractivity contribution in [1.29, 1.82) is 0 Å². The van der Waals surface area contributed by atoms with E-state index in [9.17, 15) is 9.59 Å².